The molecule has 1 amide bonds. The van der Waals surface area contributed by atoms with E-state index < -0.39 is 0 Å². The molecule has 2 N–H and O–H groups in total. The van der Waals surface area contributed by atoms with E-state index in [0.717, 1.165) is 5.56 Å². The van der Waals surface area contributed by atoms with E-state index in [1.165, 1.54) is 4.88 Å². The summed E-state index contributed by atoms with van der Waals surface area (Å²) in [6.07, 6.45) is 0.335. The maximum absolute atomic E-state index is 11.7. The highest BCUT2D eigenvalue weighted by Gasteiger charge is 2.05. The van der Waals surface area contributed by atoms with Crippen LogP contribution in [0.4, 0.5) is 0 Å². The molecule has 1 aromatic carbocycles. The Labute approximate surface area is 121 Å². The molecule has 5 heteroatoms. The zero-order valence-corrected chi connectivity index (χ0v) is 11.9. The molecule has 1 aromatic heterocycles. The van der Waals surface area contributed by atoms with E-state index in [1.807, 2.05) is 47.8 Å². The van der Waals surface area contributed by atoms with E-state index in [4.69, 9.17) is 12.2 Å². The van der Waals surface area contributed by atoms with Crippen LogP contribution in [0.25, 0.3) is 0 Å². The lowest BCUT2D eigenvalue weighted by Crippen LogP contribution is -2.39. The quantitative estimate of drug-likeness (QED) is 0.850. The molecule has 0 unspecified atom stereocenters. The largest absolute Gasteiger partial charge is 0.357 e. The van der Waals surface area contributed by atoms with Crippen molar-refractivity contribution in [3.8, 4) is 0 Å². The van der Waals surface area contributed by atoms with Crippen molar-refractivity contribution in [2.45, 2.75) is 13.0 Å². The molecule has 2 rings (SSSR count). The van der Waals surface area contributed by atoms with Gasteiger partial charge in [-0.15, -0.1) is 11.3 Å². The summed E-state index contributed by atoms with van der Waals surface area (Å²) in [5, 5.41) is 8.07. The monoisotopic (exact) mass is 290 g/mol. The lowest BCUT2D eigenvalue weighted by atomic mass is 10.1. The number of hydrogen-bond donors (Lipinski definition) is 2. The molecule has 3 nitrogen and oxygen atoms in total. The number of benzene rings is 1. The van der Waals surface area contributed by atoms with Crippen molar-refractivity contribution in [1.82, 2.24) is 10.6 Å². The van der Waals surface area contributed by atoms with Gasteiger partial charge in [0.1, 0.15) is 0 Å². The van der Waals surface area contributed by atoms with E-state index in [-0.39, 0.29) is 5.91 Å². The second-order valence-electron chi connectivity index (χ2n) is 3.97. The van der Waals surface area contributed by atoms with Gasteiger partial charge in [0.2, 0.25) is 5.91 Å². The molecule has 2 aromatic rings. The standard InChI is InChI=1S/C14H14N2OS2/c17-13(9-11-5-2-1-3-6-11)16-14(18)15-10-12-7-4-8-19-12/h1-8H,9-10H2,(H2,15,16,17,18). The Kier molecular flexibility index (Phi) is 5.06. The number of carbonyl (C=O) groups is 1. The minimum absolute atomic E-state index is 0.102. The minimum Gasteiger partial charge on any atom is -0.357 e. The summed E-state index contributed by atoms with van der Waals surface area (Å²) in [5.74, 6) is -0.102. The van der Waals surface area contributed by atoms with Crippen molar-refractivity contribution in [3.05, 3.63) is 58.3 Å². The predicted molar refractivity (Wildman–Crippen MR) is 82.0 cm³/mol. The van der Waals surface area contributed by atoms with Crippen LogP contribution in [0.1, 0.15) is 10.4 Å². The molecular weight excluding hydrogens is 276 g/mol. The average molecular weight is 290 g/mol. The predicted octanol–water partition coefficient (Wildman–Crippen LogP) is 2.48. The molecule has 0 radical (unpaired) electrons. The molecule has 0 atom stereocenters. The van der Waals surface area contributed by atoms with Gasteiger partial charge in [0.25, 0.3) is 0 Å². The molecular formula is C14H14N2OS2. The van der Waals surface area contributed by atoms with E-state index in [9.17, 15) is 4.79 Å². The van der Waals surface area contributed by atoms with Crippen molar-refractivity contribution < 1.29 is 4.79 Å². The topological polar surface area (TPSA) is 41.1 Å². The van der Waals surface area contributed by atoms with Crippen LogP contribution in [0.3, 0.4) is 0 Å². The van der Waals surface area contributed by atoms with Crippen molar-refractivity contribution >= 4 is 34.6 Å². The van der Waals surface area contributed by atoms with Crippen molar-refractivity contribution in [3.63, 3.8) is 0 Å². The summed E-state index contributed by atoms with van der Waals surface area (Å²) in [7, 11) is 0. The molecule has 0 aliphatic carbocycles. The van der Waals surface area contributed by atoms with Gasteiger partial charge in [-0.1, -0.05) is 36.4 Å². The van der Waals surface area contributed by atoms with Crippen LogP contribution in [-0.4, -0.2) is 11.0 Å². The number of hydrogen-bond acceptors (Lipinski definition) is 3. The Balaban J connectivity index is 1.74. The molecule has 0 saturated carbocycles. The highest BCUT2D eigenvalue weighted by molar-refractivity contribution is 7.80. The van der Waals surface area contributed by atoms with Crippen LogP contribution < -0.4 is 10.6 Å². The average Bonchev–Trinajstić information content (AvgIpc) is 2.90. The van der Waals surface area contributed by atoms with Crippen LogP contribution in [0.5, 0.6) is 0 Å². The van der Waals surface area contributed by atoms with E-state index in [0.29, 0.717) is 18.1 Å². The molecule has 19 heavy (non-hydrogen) atoms. The zero-order valence-electron chi connectivity index (χ0n) is 10.3. The third-order valence-electron chi connectivity index (χ3n) is 2.46. The molecule has 0 bridgehead atoms. The van der Waals surface area contributed by atoms with Crippen molar-refractivity contribution in [2.24, 2.45) is 0 Å². The highest BCUT2D eigenvalue weighted by atomic mass is 32.1. The van der Waals surface area contributed by atoms with Crippen LogP contribution in [0.15, 0.2) is 47.8 Å². The summed E-state index contributed by atoms with van der Waals surface area (Å²) in [6, 6.07) is 13.6. The maximum Gasteiger partial charge on any atom is 0.230 e. The third-order valence-corrected chi connectivity index (χ3v) is 3.59. The number of thiophene rings is 1. The van der Waals surface area contributed by atoms with Gasteiger partial charge in [0, 0.05) is 4.88 Å². The number of thiocarbonyl (C=S) groups is 1. The maximum atomic E-state index is 11.7. The second-order valence-corrected chi connectivity index (χ2v) is 5.41. The Morgan fingerprint density at radius 1 is 1.16 bits per heavy atom. The lowest BCUT2D eigenvalue weighted by molar-refractivity contribution is -0.119. The molecule has 0 aliphatic rings. The fraction of sp³-hybridized carbons (Fsp3) is 0.143. The fourth-order valence-corrected chi connectivity index (χ4v) is 2.41. The first-order chi connectivity index (χ1) is 9.24. The van der Waals surface area contributed by atoms with Gasteiger partial charge in [-0.2, -0.15) is 0 Å². The normalized spacial score (nSPS) is 9.89. The summed E-state index contributed by atoms with van der Waals surface area (Å²) >= 11 is 6.73. The minimum atomic E-state index is -0.102. The van der Waals surface area contributed by atoms with Gasteiger partial charge in [-0.05, 0) is 29.2 Å². The number of carbonyl (C=O) groups excluding carboxylic acids is 1. The number of amides is 1. The molecule has 0 saturated heterocycles. The molecule has 98 valence electrons. The van der Waals surface area contributed by atoms with E-state index in [1.54, 1.807) is 11.3 Å². The summed E-state index contributed by atoms with van der Waals surface area (Å²) in [6.45, 7) is 0.641. The van der Waals surface area contributed by atoms with Crippen LogP contribution in [0.2, 0.25) is 0 Å². The van der Waals surface area contributed by atoms with Crippen LogP contribution >= 0.6 is 23.6 Å². The van der Waals surface area contributed by atoms with E-state index in [2.05, 4.69) is 10.6 Å². The van der Waals surface area contributed by atoms with Gasteiger partial charge in [0.15, 0.2) is 5.11 Å². The van der Waals surface area contributed by atoms with Gasteiger partial charge in [-0.3, -0.25) is 4.79 Å². The fourth-order valence-electron chi connectivity index (χ4n) is 1.58. The first kappa shape index (κ1) is 13.7. The van der Waals surface area contributed by atoms with Gasteiger partial charge in [0.05, 0.1) is 13.0 Å². The van der Waals surface area contributed by atoms with Crippen molar-refractivity contribution in [1.29, 1.82) is 0 Å². The Bertz CT molecular complexity index is 538. The molecule has 0 aliphatic heterocycles. The Morgan fingerprint density at radius 3 is 2.63 bits per heavy atom. The summed E-state index contributed by atoms with van der Waals surface area (Å²) in [4.78, 5) is 12.9. The Hall–Kier alpha value is -1.72. The highest BCUT2D eigenvalue weighted by Crippen LogP contribution is 2.07. The van der Waals surface area contributed by atoms with Gasteiger partial charge >= 0.3 is 0 Å². The third kappa shape index (κ3) is 4.81. The summed E-state index contributed by atoms with van der Waals surface area (Å²) in [5.41, 5.74) is 0.973. The van der Waals surface area contributed by atoms with Crippen LogP contribution in [-0.2, 0) is 17.8 Å². The van der Waals surface area contributed by atoms with Gasteiger partial charge in [-0.25, -0.2) is 0 Å². The first-order valence-corrected chi connectivity index (χ1v) is 7.17. The lowest BCUT2D eigenvalue weighted by Gasteiger charge is -2.08. The van der Waals surface area contributed by atoms with Crippen LogP contribution in [0, 0.1) is 0 Å². The summed E-state index contributed by atoms with van der Waals surface area (Å²) < 4.78 is 0. The smallest absolute Gasteiger partial charge is 0.230 e. The molecule has 1 heterocycles. The Morgan fingerprint density at radius 2 is 1.95 bits per heavy atom. The zero-order chi connectivity index (χ0) is 13.5. The van der Waals surface area contributed by atoms with E-state index >= 15 is 0 Å². The molecule has 0 spiro atoms. The van der Waals surface area contributed by atoms with Gasteiger partial charge < -0.3 is 10.6 Å². The molecule has 0 fully saturated rings. The first-order valence-electron chi connectivity index (χ1n) is 5.88. The number of rotatable bonds is 4. The van der Waals surface area contributed by atoms with Crippen molar-refractivity contribution in [2.75, 3.05) is 0 Å². The number of nitrogens with one attached hydrogen (secondary N) is 2. The second kappa shape index (κ2) is 7.01. The SMILES string of the molecule is O=C(Cc1ccccc1)NC(=S)NCc1cccs1.